The average Bonchev–Trinajstić information content (AvgIpc) is 2.02. The first kappa shape index (κ1) is 11.0. The number of amides is 1. The first-order valence-electron chi connectivity index (χ1n) is 4.59. The predicted octanol–water partition coefficient (Wildman–Crippen LogP) is -0.330. The second-order valence-electron chi connectivity index (χ2n) is 4.45. The molecular weight excluding hydrogens is 184 g/mol. The van der Waals surface area contributed by atoms with Crippen molar-refractivity contribution in [2.24, 2.45) is 0 Å². The molecule has 5 nitrogen and oxygen atoms in total. The van der Waals surface area contributed by atoms with Gasteiger partial charge in [-0.05, 0) is 20.8 Å². The lowest BCUT2D eigenvalue weighted by Gasteiger charge is -2.40. The smallest absolute Gasteiger partial charge is 0.322 e. The Hall–Kier alpha value is -1.10. The van der Waals surface area contributed by atoms with Crippen LogP contribution in [0, 0.1) is 0 Å². The van der Waals surface area contributed by atoms with Gasteiger partial charge in [0.1, 0.15) is 6.04 Å². The highest BCUT2D eigenvalue weighted by molar-refractivity contribution is 5.83. The Morgan fingerprint density at radius 2 is 2.14 bits per heavy atom. The monoisotopic (exact) mass is 200 g/mol. The van der Waals surface area contributed by atoms with E-state index in [2.05, 4.69) is 5.32 Å². The number of carboxylic acids is 1. The molecule has 0 aromatic rings. The molecule has 1 heterocycles. The van der Waals surface area contributed by atoms with Crippen molar-refractivity contribution in [3.05, 3.63) is 0 Å². The first-order valence-corrected chi connectivity index (χ1v) is 4.59. The van der Waals surface area contributed by atoms with Crippen molar-refractivity contribution in [3.63, 3.8) is 0 Å². The standard InChI is InChI=1S/C9H16N2O3/c1-9(2,3)11-5-6(8(13)14)10-4-7(11)12/h6,10H,4-5H2,1-3H3,(H,13,14). The van der Waals surface area contributed by atoms with E-state index in [-0.39, 0.29) is 24.5 Å². The molecule has 1 saturated heterocycles. The summed E-state index contributed by atoms with van der Waals surface area (Å²) in [6, 6.07) is -0.646. The van der Waals surface area contributed by atoms with Gasteiger partial charge in [0.2, 0.25) is 5.91 Å². The summed E-state index contributed by atoms with van der Waals surface area (Å²) >= 11 is 0. The third-order valence-corrected chi connectivity index (χ3v) is 2.27. The van der Waals surface area contributed by atoms with E-state index in [4.69, 9.17) is 5.11 Å². The average molecular weight is 200 g/mol. The number of carboxylic acid groups (broad SMARTS) is 1. The molecule has 0 bridgehead atoms. The molecule has 0 aliphatic carbocycles. The van der Waals surface area contributed by atoms with Gasteiger partial charge in [0.15, 0.2) is 0 Å². The van der Waals surface area contributed by atoms with Crippen molar-refractivity contribution in [1.29, 1.82) is 0 Å². The zero-order chi connectivity index (χ0) is 10.9. The van der Waals surface area contributed by atoms with Crippen molar-refractivity contribution >= 4 is 11.9 Å². The predicted molar refractivity (Wildman–Crippen MR) is 50.9 cm³/mol. The first-order chi connectivity index (χ1) is 6.32. The number of hydrogen-bond donors (Lipinski definition) is 2. The van der Waals surface area contributed by atoms with Crippen LogP contribution < -0.4 is 5.32 Å². The van der Waals surface area contributed by atoms with Gasteiger partial charge in [-0.15, -0.1) is 0 Å². The lowest BCUT2D eigenvalue weighted by Crippen LogP contribution is -2.61. The van der Waals surface area contributed by atoms with Crippen molar-refractivity contribution in [3.8, 4) is 0 Å². The molecule has 2 N–H and O–H groups in total. The fraction of sp³-hybridized carbons (Fsp3) is 0.778. The maximum absolute atomic E-state index is 11.5. The Bertz CT molecular complexity index is 257. The molecule has 1 amide bonds. The highest BCUT2D eigenvalue weighted by atomic mass is 16.4. The summed E-state index contributed by atoms with van der Waals surface area (Å²) in [5.74, 6) is -0.957. The summed E-state index contributed by atoms with van der Waals surface area (Å²) in [7, 11) is 0. The van der Waals surface area contributed by atoms with E-state index < -0.39 is 12.0 Å². The minimum atomic E-state index is -0.910. The van der Waals surface area contributed by atoms with Crippen LogP contribution in [0.25, 0.3) is 0 Å². The number of aliphatic carboxylic acids is 1. The van der Waals surface area contributed by atoms with E-state index in [0.717, 1.165) is 0 Å². The summed E-state index contributed by atoms with van der Waals surface area (Å²) in [4.78, 5) is 23.8. The molecule has 14 heavy (non-hydrogen) atoms. The van der Waals surface area contributed by atoms with Gasteiger partial charge in [0.05, 0.1) is 6.54 Å². The summed E-state index contributed by atoms with van der Waals surface area (Å²) in [5, 5.41) is 11.5. The van der Waals surface area contributed by atoms with Gasteiger partial charge in [0, 0.05) is 12.1 Å². The Balaban J connectivity index is 2.74. The molecule has 0 saturated carbocycles. The van der Waals surface area contributed by atoms with Gasteiger partial charge in [-0.2, -0.15) is 0 Å². The fourth-order valence-electron chi connectivity index (χ4n) is 1.47. The van der Waals surface area contributed by atoms with Crippen LogP contribution in [0.5, 0.6) is 0 Å². The Morgan fingerprint density at radius 3 is 2.57 bits per heavy atom. The summed E-state index contributed by atoms with van der Waals surface area (Å²) < 4.78 is 0. The van der Waals surface area contributed by atoms with Crippen LogP contribution in [0.1, 0.15) is 20.8 Å². The molecule has 1 aliphatic heterocycles. The van der Waals surface area contributed by atoms with E-state index in [9.17, 15) is 9.59 Å². The highest BCUT2D eigenvalue weighted by Gasteiger charge is 2.35. The van der Waals surface area contributed by atoms with Gasteiger partial charge in [-0.25, -0.2) is 0 Å². The second-order valence-corrected chi connectivity index (χ2v) is 4.45. The summed E-state index contributed by atoms with van der Waals surface area (Å²) in [6.07, 6.45) is 0. The van der Waals surface area contributed by atoms with Crippen LogP contribution in [0.4, 0.5) is 0 Å². The second kappa shape index (κ2) is 3.57. The SMILES string of the molecule is CC(C)(C)N1CC(C(=O)O)NCC1=O. The molecule has 1 fully saturated rings. The fourth-order valence-corrected chi connectivity index (χ4v) is 1.47. The summed E-state index contributed by atoms with van der Waals surface area (Å²) in [5.41, 5.74) is -0.313. The van der Waals surface area contributed by atoms with Crippen molar-refractivity contribution in [1.82, 2.24) is 10.2 Å². The van der Waals surface area contributed by atoms with Crippen LogP contribution in [-0.2, 0) is 9.59 Å². The molecule has 1 aliphatic rings. The molecule has 80 valence electrons. The highest BCUT2D eigenvalue weighted by Crippen LogP contribution is 2.16. The van der Waals surface area contributed by atoms with Crippen LogP contribution in [0.2, 0.25) is 0 Å². The molecule has 1 unspecified atom stereocenters. The van der Waals surface area contributed by atoms with Gasteiger partial charge in [-0.1, -0.05) is 0 Å². The number of piperazine rings is 1. The molecule has 1 rings (SSSR count). The minimum absolute atomic E-state index is 0.0463. The van der Waals surface area contributed by atoms with Crippen LogP contribution in [0.15, 0.2) is 0 Å². The number of rotatable bonds is 1. The number of nitrogens with zero attached hydrogens (tertiary/aromatic N) is 1. The van der Waals surface area contributed by atoms with Crippen molar-refractivity contribution < 1.29 is 14.7 Å². The number of hydrogen-bond acceptors (Lipinski definition) is 3. The number of nitrogens with one attached hydrogen (secondary N) is 1. The molecule has 0 radical (unpaired) electrons. The third kappa shape index (κ3) is 2.23. The number of carbonyl (C=O) groups excluding carboxylic acids is 1. The third-order valence-electron chi connectivity index (χ3n) is 2.27. The van der Waals surface area contributed by atoms with E-state index >= 15 is 0 Å². The van der Waals surface area contributed by atoms with Gasteiger partial charge in [-0.3, -0.25) is 14.9 Å². The van der Waals surface area contributed by atoms with E-state index in [1.165, 1.54) is 0 Å². The van der Waals surface area contributed by atoms with Crippen LogP contribution in [0.3, 0.4) is 0 Å². The molecule has 0 spiro atoms. The van der Waals surface area contributed by atoms with Gasteiger partial charge in [0.25, 0.3) is 0 Å². The van der Waals surface area contributed by atoms with Gasteiger partial charge < -0.3 is 10.0 Å². The molecule has 5 heteroatoms. The molecule has 1 atom stereocenters. The van der Waals surface area contributed by atoms with Crippen molar-refractivity contribution in [2.75, 3.05) is 13.1 Å². The Labute approximate surface area is 83.1 Å². The van der Waals surface area contributed by atoms with Gasteiger partial charge >= 0.3 is 5.97 Å². The zero-order valence-corrected chi connectivity index (χ0v) is 8.70. The minimum Gasteiger partial charge on any atom is -0.480 e. The Morgan fingerprint density at radius 1 is 1.57 bits per heavy atom. The maximum atomic E-state index is 11.5. The lowest BCUT2D eigenvalue weighted by molar-refractivity contribution is -0.146. The van der Waals surface area contributed by atoms with E-state index in [1.807, 2.05) is 20.8 Å². The van der Waals surface area contributed by atoms with E-state index in [1.54, 1.807) is 4.90 Å². The number of carbonyl (C=O) groups is 2. The van der Waals surface area contributed by atoms with Crippen LogP contribution in [-0.4, -0.2) is 46.6 Å². The zero-order valence-electron chi connectivity index (χ0n) is 8.70. The normalized spacial score (nSPS) is 23.8. The largest absolute Gasteiger partial charge is 0.480 e. The summed E-state index contributed by atoms with van der Waals surface area (Å²) in [6.45, 7) is 6.03. The van der Waals surface area contributed by atoms with Crippen molar-refractivity contribution in [2.45, 2.75) is 32.4 Å². The molecular formula is C9H16N2O3. The molecule has 0 aromatic heterocycles. The molecule has 0 aromatic carbocycles. The van der Waals surface area contributed by atoms with Crippen LogP contribution >= 0.6 is 0 Å². The Kier molecular flexibility index (Phi) is 2.80. The topological polar surface area (TPSA) is 69.6 Å². The maximum Gasteiger partial charge on any atom is 0.322 e. The quantitative estimate of drug-likeness (QED) is 0.608. The van der Waals surface area contributed by atoms with E-state index in [0.29, 0.717) is 0 Å². The lowest BCUT2D eigenvalue weighted by atomic mass is 10.0.